The van der Waals surface area contributed by atoms with E-state index in [0.717, 1.165) is 17.2 Å². The zero-order chi connectivity index (χ0) is 27.4. The number of nitrogens with one attached hydrogen (secondary N) is 2. The number of hydrogen-bond donors (Lipinski definition) is 2. The molecule has 4 rings (SSSR count). The summed E-state index contributed by atoms with van der Waals surface area (Å²) in [5, 5.41) is 14.4. The van der Waals surface area contributed by atoms with Crippen LogP contribution in [0, 0.1) is 12.7 Å². The number of nitrogens with zero attached hydrogens (tertiary/aromatic N) is 3. The first kappa shape index (κ1) is 27.5. The number of anilines is 1. The predicted octanol–water partition coefficient (Wildman–Crippen LogP) is 7.56. The van der Waals surface area contributed by atoms with E-state index in [0.29, 0.717) is 27.4 Å². The van der Waals surface area contributed by atoms with E-state index in [1.54, 1.807) is 35.8 Å². The van der Waals surface area contributed by atoms with E-state index in [2.05, 4.69) is 20.8 Å². The van der Waals surface area contributed by atoms with Crippen molar-refractivity contribution in [1.29, 1.82) is 0 Å². The van der Waals surface area contributed by atoms with Gasteiger partial charge in [-0.25, -0.2) is 9.18 Å². The molecule has 4 aromatic rings. The highest BCUT2D eigenvalue weighted by Gasteiger charge is 2.33. The maximum Gasteiger partial charge on any atom is 0.418 e. The molecule has 2 N–H and O–H groups in total. The largest absolute Gasteiger partial charge is 0.418 e. The minimum atomic E-state index is -4.63. The Labute approximate surface area is 225 Å². The van der Waals surface area contributed by atoms with Crippen LogP contribution in [0.1, 0.15) is 35.5 Å². The SMILES string of the molecule is Cc1ccc(Cl)cc1-n1c(SCc2ccc(F)cc2)nnc1C(C)NC(=O)Nc1ccccc1C(F)(F)F. The van der Waals surface area contributed by atoms with Gasteiger partial charge in [-0.3, -0.25) is 4.57 Å². The topological polar surface area (TPSA) is 71.8 Å². The molecule has 0 saturated heterocycles. The molecule has 1 aromatic heterocycles. The van der Waals surface area contributed by atoms with Gasteiger partial charge in [0.15, 0.2) is 11.0 Å². The standard InChI is InChI=1S/C26H22ClF4N5OS/c1-15-7-10-18(27)13-22(15)36-23(34-35-25(36)38-14-17-8-11-19(28)12-9-17)16(2)32-24(37)33-21-6-4-3-5-20(21)26(29,30)31/h3-13,16H,14H2,1-2H3,(H2,32,33,37). The number of hydrogen-bond acceptors (Lipinski definition) is 4. The number of aryl methyl sites for hydroxylation is 1. The van der Waals surface area contributed by atoms with E-state index in [-0.39, 0.29) is 11.5 Å². The molecule has 0 spiro atoms. The van der Waals surface area contributed by atoms with Crippen molar-refractivity contribution in [2.24, 2.45) is 0 Å². The molecule has 1 atom stereocenters. The molecule has 2 amide bonds. The number of amides is 2. The summed E-state index contributed by atoms with van der Waals surface area (Å²) in [6, 6.07) is 14.5. The minimum Gasteiger partial charge on any atom is -0.328 e. The number of halogens is 5. The van der Waals surface area contributed by atoms with Crippen molar-refractivity contribution in [3.05, 3.63) is 100 Å². The first-order valence-corrected chi connectivity index (χ1v) is 12.7. The van der Waals surface area contributed by atoms with Gasteiger partial charge < -0.3 is 10.6 Å². The second kappa shape index (κ2) is 11.4. The molecular formula is C26H22ClF4N5OS. The molecule has 6 nitrogen and oxygen atoms in total. The Hall–Kier alpha value is -3.57. The molecule has 0 aliphatic heterocycles. The van der Waals surface area contributed by atoms with Crippen LogP contribution >= 0.6 is 23.4 Å². The Balaban J connectivity index is 1.61. The smallest absolute Gasteiger partial charge is 0.328 e. The third-order valence-electron chi connectivity index (χ3n) is 5.57. The van der Waals surface area contributed by atoms with Crippen LogP contribution in [0.4, 0.5) is 28.0 Å². The average molecular weight is 564 g/mol. The number of thioether (sulfide) groups is 1. The molecule has 38 heavy (non-hydrogen) atoms. The maximum absolute atomic E-state index is 13.3. The summed E-state index contributed by atoms with van der Waals surface area (Å²) in [5.74, 6) is 0.472. The van der Waals surface area contributed by atoms with Gasteiger partial charge in [0.1, 0.15) is 5.82 Å². The third kappa shape index (κ3) is 6.46. The molecule has 1 heterocycles. The third-order valence-corrected chi connectivity index (χ3v) is 6.80. The summed E-state index contributed by atoms with van der Waals surface area (Å²) >= 11 is 7.61. The minimum absolute atomic E-state index is 0.338. The van der Waals surface area contributed by atoms with Crippen LogP contribution in [0.3, 0.4) is 0 Å². The predicted molar refractivity (Wildman–Crippen MR) is 139 cm³/mol. The van der Waals surface area contributed by atoms with E-state index >= 15 is 0 Å². The van der Waals surface area contributed by atoms with Crippen molar-refractivity contribution in [3.63, 3.8) is 0 Å². The summed E-state index contributed by atoms with van der Waals surface area (Å²) in [7, 11) is 0. The summed E-state index contributed by atoms with van der Waals surface area (Å²) in [6.07, 6.45) is -4.63. The van der Waals surface area contributed by atoms with Gasteiger partial charge >= 0.3 is 12.2 Å². The number of aromatic nitrogens is 3. The molecular weight excluding hydrogens is 542 g/mol. The van der Waals surface area contributed by atoms with Crippen molar-refractivity contribution in [3.8, 4) is 5.69 Å². The Morgan fingerprint density at radius 1 is 1.08 bits per heavy atom. The van der Waals surface area contributed by atoms with Gasteiger partial charge in [-0.05, 0) is 61.4 Å². The summed E-state index contributed by atoms with van der Waals surface area (Å²) in [4.78, 5) is 12.7. The van der Waals surface area contributed by atoms with E-state index < -0.39 is 23.8 Å². The van der Waals surface area contributed by atoms with Gasteiger partial charge in [0.25, 0.3) is 0 Å². The van der Waals surface area contributed by atoms with E-state index in [1.165, 1.54) is 42.1 Å². The maximum atomic E-state index is 13.3. The zero-order valence-corrected chi connectivity index (χ0v) is 21.8. The Bertz CT molecular complexity index is 1440. The second-order valence-corrected chi connectivity index (χ2v) is 9.76. The molecule has 198 valence electrons. The van der Waals surface area contributed by atoms with Crippen LogP contribution in [-0.2, 0) is 11.9 Å². The summed E-state index contributed by atoms with van der Waals surface area (Å²) < 4.78 is 55.0. The van der Waals surface area contributed by atoms with E-state index in [9.17, 15) is 22.4 Å². The van der Waals surface area contributed by atoms with Gasteiger partial charge in [0.2, 0.25) is 0 Å². The zero-order valence-electron chi connectivity index (χ0n) is 20.2. The van der Waals surface area contributed by atoms with Gasteiger partial charge in [0.05, 0.1) is 23.0 Å². The number of carbonyl (C=O) groups excluding carboxylic acids is 1. The molecule has 0 fully saturated rings. The fourth-order valence-electron chi connectivity index (χ4n) is 3.69. The van der Waals surface area contributed by atoms with Crippen LogP contribution in [0.25, 0.3) is 5.69 Å². The van der Waals surface area contributed by atoms with E-state index in [4.69, 9.17) is 11.6 Å². The van der Waals surface area contributed by atoms with Crippen molar-refractivity contribution in [1.82, 2.24) is 20.1 Å². The fourth-order valence-corrected chi connectivity index (χ4v) is 4.77. The first-order chi connectivity index (χ1) is 18.0. The lowest BCUT2D eigenvalue weighted by Gasteiger charge is -2.19. The van der Waals surface area contributed by atoms with Crippen LogP contribution in [-0.4, -0.2) is 20.8 Å². The quantitative estimate of drug-likeness (QED) is 0.180. The molecule has 0 bridgehead atoms. The van der Waals surface area contributed by atoms with Crippen molar-refractivity contribution >= 4 is 35.1 Å². The highest BCUT2D eigenvalue weighted by Crippen LogP contribution is 2.35. The Kier molecular flexibility index (Phi) is 8.27. The van der Waals surface area contributed by atoms with Gasteiger partial charge in [-0.1, -0.05) is 53.7 Å². The average Bonchev–Trinajstić information content (AvgIpc) is 3.28. The van der Waals surface area contributed by atoms with Crippen LogP contribution in [0.5, 0.6) is 0 Å². The van der Waals surface area contributed by atoms with Gasteiger partial charge in [-0.2, -0.15) is 13.2 Å². The lowest BCUT2D eigenvalue weighted by atomic mass is 10.1. The molecule has 1 unspecified atom stereocenters. The molecule has 0 saturated carbocycles. The van der Waals surface area contributed by atoms with Gasteiger partial charge in [0, 0.05) is 10.8 Å². The van der Waals surface area contributed by atoms with Crippen LogP contribution in [0.2, 0.25) is 5.02 Å². The first-order valence-electron chi connectivity index (χ1n) is 11.4. The Morgan fingerprint density at radius 2 is 1.79 bits per heavy atom. The molecule has 0 aliphatic rings. The number of carbonyl (C=O) groups is 1. The molecule has 12 heteroatoms. The highest BCUT2D eigenvalue weighted by molar-refractivity contribution is 7.98. The number of rotatable bonds is 7. The molecule has 0 radical (unpaired) electrons. The van der Waals surface area contributed by atoms with Crippen LogP contribution in [0.15, 0.2) is 71.9 Å². The van der Waals surface area contributed by atoms with Gasteiger partial charge in [-0.15, -0.1) is 10.2 Å². The Morgan fingerprint density at radius 3 is 2.50 bits per heavy atom. The van der Waals surface area contributed by atoms with E-state index in [1.807, 2.05) is 13.0 Å². The van der Waals surface area contributed by atoms with Crippen LogP contribution < -0.4 is 10.6 Å². The summed E-state index contributed by atoms with van der Waals surface area (Å²) in [6.45, 7) is 3.52. The lowest BCUT2D eigenvalue weighted by molar-refractivity contribution is -0.136. The summed E-state index contributed by atoms with van der Waals surface area (Å²) in [5.41, 5.74) is 1.07. The van der Waals surface area contributed by atoms with Crippen molar-refractivity contribution in [2.75, 3.05) is 5.32 Å². The number of urea groups is 1. The number of benzene rings is 3. The number of para-hydroxylation sites is 1. The second-order valence-electron chi connectivity index (χ2n) is 8.39. The lowest BCUT2D eigenvalue weighted by Crippen LogP contribution is -2.33. The highest BCUT2D eigenvalue weighted by atomic mass is 35.5. The van der Waals surface area contributed by atoms with Crippen molar-refractivity contribution < 1.29 is 22.4 Å². The monoisotopic (exact) mass is 563 g/mol. The molecule has 3 aromatic carbocycles. The van der Waals surface area contributed by atoms with Crippen molar-refractivity contribution in [2.45, 2.75) is 37.0 Å². The fraction of sp³-hybridized carbons (Fsp3) is 0.192. The number of alkyl halides is 3. The molecule has 0 aliphatic carbocycles. The normalized spacial score (nSPS) is 12.3.